The molecule has 1 aliphatic heterocycles. The average molecular weight is 260 g/mol. The number of anilines is 1. The van der Waals surface area contributed by atoms with Gasteiger partial charge in [-0.05, 0) is 45.6 Å². The Hall–Kier alpha value is -1.67. The Morgan fingerprint density at radius 2 is 2.00 bits per heavy atom. The molecule has 0 amide bonds. The number of aryl methyl sites for hydroxylation is 1. The number of aromatic nitrogens is 2. The molecule has 1 aromatic heterocycles. The second-order valence-electron chi connectivity index (χ2n) is 5.56. The lowest BCUT2D eigenvalue weighted by molar-refractivity contribution is 0.0481. The first-order valence-corrected chi connectivity index (χ1v) is 6.66. The first-order chi connectivity index (χ1) is 8.94. The van der Waals surface area contributed by atoms with Crippen LogP contribution in [0.5, 0.6) is 0 Å². The van der Waals surface area contributed by atoms with E-state index in [1.54, 1.807) is 0 Å². The molecule has 102 valence electrons. The van der Waals surface area contributed by atoms with Crippen molar-refractivity contribution >= 4 is 5.82 Å². The number of nitriles is 1. The molecule has 0 aliphatic carbocycles. The Bertz CT molecular complexity index is 519. The minimum absolute atomic E-state index is 0.606. The van der Waals surface area contributed by atoms with E-state index in [2.05, 4.69) is 21.2 Å². The van der Waals surface area contributed by atoms with Crippen LogP contribution < -0.4 is 4.90 Å². The average Bonchev–Trinajstić information content (AvgIpc) is 2.53. The molecule has 2 rings (SSSR count). The van der Waals surface area contributed by atoms with E-state index in [4.69, 9.17) is 0 Å². The third kappa shape index (κ3) is 2.85. The molecule has 5 nitrogen and oxygen atoms in total. The van der Waals surface area contributed by atoms with E-state index in [9.17, 15) is 10.4 Å². The highest BCUT2D eigenvalue weighted by atomic mass is 16.3. The molecule has 19 heavy (non-hydrogen) atoms. The fourth-order valence-electron chi connectivity index (χ4n) is 2.43. The van der Waals surface area contributed by atoms with E-state index in [0.29, 0.717) is 24.3 Å². The molecule has 0 saturated carbocycles. The quantitative estimate of drug-likeness (QED) is 0.832. The summed E-state index contributed by atoms with van der Waals surface area (Å²) in [7, 11) is 0. The summed E-state index contributed by atoms with van der Waals surface area (Å²) in [5.74, 6) is 0.656. The van der Waals surface area contributed by atoms with E-state index < -0.39 is 5.60 Å². The minimum atomic E-state index is -0.616. The van der Waals surface area contributed by atoms with Crippen LogP contribution in [0.25, 0.3) is 0 Å². The maximum Gasteiger partial charge on any atom is 0.169 e. The minimum Gasteiger partial charge on any atom is -0.390 e. The standard InChI is InChI=1S/C14H20N4O/c1-10-11(2)16-17-13(12(10)9-15)18-7-4-5-14(3,19)6-8-18/h19H,4-8H2,1-3H3. The molecule has 1 fully saturated rings. The van der Waals surface area contributed by atoms with Crippen LogP contribution in [0.2, 0.25) is 0 Å². The molecule has 1 aromatic rings. The van der Waals surface area contributed by atoms with Crippen LogP contribution in [0.15, 0.2) is 0 Å². The summed E-state index contributed by atoms with van der Waals surface area (Å²) in [5.41, 5.74) is 1.68. The molecule has 5 heteroatoms. The van der Waals surface area contributed by atoms with Gasteiger partial charge in [0, 0.05) is 13.1 Å². The van der Waals surface area contributed by atoms with Gasteiger partial charge in [0.25, 0.3) is 0 Å². The van der Waals surface area contributed by atoms with E-state index in [1.807, 2.05) is 20.8 Å². The van der Waals surface area contributed by atoms with Gasteiger partial charge in [-0.15, -0.1) is 5.10 Å². The molecular formula is C14H20N4O. The van der Waals surface area contributed by atoms with Crippen molar-refractivity contribution in [2.24, 2.45) is 0 Å². The van der Waals surface area contributed by atoms with Gasteiger partial charge in [-0.25, -0.2) is 0 Å². The van der Waals surface area contributed by atoms with Crippen LogP contribution in [0.1, 0.15) is 43.0 Å². The molecule has 1 saturated heterocycles. The molecular weight excluding hydrogens is 240 g/mol. The molecule has 0 bridgehead atoms. The van der Waals surface area contributed by atoms with Gasteiger partial charge in [0.2, 0.25) is 0 Å². The molecule has 0 spiro atoms. The summed E-state index contributed by atoms with van der Waals surface area (Å²) < 4.78 is 0. The third-order valence-corrected chi connectivity index (χ3v) is 3.91. The third-order valence-electron chi connectivity index (χ3n) is 3.91. The van der Waals surface area contributed by atoms with Gasteiger partial charge < -0.3 is 10.0 Å². The summed E-state index contributed by atoms with van der Waals surface area (Å²) >= 11 is 0. The monoisotopic (exact) mass is 260 g/mol. The zero-order chi connectivity index (χ0) is 14.0. The largest absolute Gasteiger partial charge is 0.390 e. The zero-order valence-electron chi connectivity index (χ0n) is 11.8. The smallest absolute Gasteiger partial charge is 0.169 e. The zero-order valence-corrected chi connectivity index (χ0v) is 11.8. The van der Waals surface area contributed by atoms with Crippen molar-refractivity contribution in [2.45, 2.75) is 45.6 Å². The molecule has 1 unspecified atom stereocenters. The topological polar surface area (TPSA) is 73.0 Å². The molecule has 0 aromatic carbocycles. The fourth-order valence-corrected chi connectivity index (χ4v) is 2.43. The Morgan fingerprint density at radius 3 is 2.68 bits per heavy atom. The van der Waals surface area contributed by atoms with Crippen molar-refractivity contribution in [2.75, 3.05) is 18.0 Å². The lowest BCUT2D eigenvalue weighted by Crippen LogP contribution is -2.29. The van der Waals surface area contributed by atoms with Gasteiger partial charge >= 0.3 is 0 Å². The molecule has 1 atom stereocenters. The van der Waals surface area contributed by atoms with E-state index >= 15 is 0 Å². The lowest BCUT2D eigenvalue weighted by Gasteiger charge is -2.24. The van der Waals surface area contributed by atoms with Crippen molar-refractivity contribution in [3.8, 4) is 6.07 Å². The number of hydrogen-bond acceptors (Lipinski definition) is 5. The van der Waals surface area contributed by atoms with Gasteiger partial charge in [-0.1, -0.05) is 0 Å². The van der Waals surface area contributed by atoms with Gasteiger partial charge in [0.1, 0.15) is 11.6 Å². The first-order valence-electron chi connectivity index (χ1n) is 6.66. The number of hydrogen-bond donors (Lipinski definition) is 1. The van der Waals surface area contributed by atoms with Gasteiger partial charge in [0.15, 0.2) is 5.82 Å². The number of aliphatic hydroxyl groups is 1. The van der Waals surface area contributed by atoms with Crippen LogP contribution >= 0.6 is 0 Å². The maximum absolute atomic E-state index is 10.1. The van der Waals surface area contributed by atoms with Crippen molar-refractivity contribution in [1.82, 2.24) is 10.2 Å². The fraction of sp³-hybridized carbons (Fsp3) is 0.643. The van der Waals surface area contributed by atoms with E-state index in [-0.39, 0.29) is 0 Å². The summed E-state index contributed by atoms with van der Waals surface area (Å²) in [6.45, 7) is 7.15. The molecule has 0 radical (unpaired) electrons. The van der Waals surface area contributed by atoms with Gasteiger partial charge in [0.05, 0.1) is 11.3 Å². The number of nitrogens with zero attached hydrogens (tertiary/aromatic N) is 4. The van der Waals surface area contributed by atoms with Crippen molar-refractivity contribution in [3.63, 3.8) is 0 Å². The summed E-state index contributed by atoms with van der Waals surface area (Å²) in [6.07, 6.45) is 2.36. The van der Waals surface area contributed by atoms with Crippen molar-refractivity contribution in [3.05, 3.63) is 16.8 Å². The number of rotatable bonds is 1. The Morgan fingerprint density at radius 1 is 1.26 bits per heavy atom. The predicted molar refractivity (Wildman–Crippen MR) is 72.9 cm³/mol. The maximum atomic E-state index is 10.1. The highest BCUT2D eigenvalue weighted by Crippen LogP contribution is 2.27. The van der Waals surface area contributed by atoms with Crippen molar-refractivity contribution < 1.29 is 5.11 Å². The first kappa shape index (κ1) is 13.8. The van der Waals surface area contributed by atoms with Crippen molar-refractivity contribution in [1.29, 1.82) is 5.26 Å². The summed E-state index contributed by atoms with van der Waals surface area (Å²) in [6, 6.07) is 2.24. The predicted octanol–water partition coefficient (Wildman–Crippen LogP) is 1.71. The van der Waals surface area contributed by atoms with E-state index in [0.717, 1.165) is 30.6 Å². The van der Waals surface area contributed by atoms with Crippen LogP contribution in [0.3, 0.4) is 0 Å². The second kappa shape index (κ2) is 5.14. The van der Waals surface area contributed by atoms with Crippen LogP contribution in [0, 0.1) is 25.2 Å². The normalized spacial score (nSPS) is 23.8. The highest BCUT2D eigenvalue weighted by molar-refractivity contribution is 5.57. The van der Waals surface area contributed by atoms with Gasteiger partial charge in [-0.2, -0.15) is 10.4 Å². The van der Waals surface area contributed by atoms with Crippen LogP contribution in [0.4, 0.5) is 5.82 Å². The summed E-state index contributed by atoms with van der Waals surface area (Å²) in [5, 5.41) is 27.8. The van der Waals surface area contributed by atoms with E-state index in [1.165, 1.54) is 0 Å². The Labute approximate surface area is 113 Å². The van der Waals surface area contributed by atoms with Crippen LogP contribution in [-0.4, -0.2) is 34.0 Å². The molecule has 1 aliphatic rings. The SMILES string of the molecule is Cc1nnc(N2CCCC(C)(O)CC2)c(C#N)c1C. The molecule has 1 N–H and O–H groups in total. The lowest BCUT2D eigenvalue weighted by atomic mass is 9.98. The second-order valence-corrected chi connectivity index (χ2v) is 5.56. The Balaban J connectivity index is 2.32. The summed E-state index contributed by atoms with van der Waals surface area (Å²) in [4.78, 5) is 2.07. The van der Waals surface area contributed by atoms with Gasteiger partial charge in [-0.3, -0.25) is 0 Å². The molecule has 2 heterocycles. The van der Waals surface area contributed by atoms with Crippen LogP contribution in [-0.2, 0) is 0 Å². The Kier molecular flexibility index (Phi) is 3.72. The highest BCUT2D eigenvalue weighted by Gasteiger charge is 2.27.